The monoisotopic (exact) mass is 335 g/mol. The van der Waals surface area contributed by atoms with Crippen molar-refractivity contribution < 1.29 is 14.3 Å². The quantitative estimate of drug-likeness (QED) is 0.629. The van der Waals surface area contributed by atoms with Crippen LogP contribution in [0.1, 0.15) is 24.4 Å². The number of nitrogens with zero attached hydrogens (tertiary/aromatic N) is 1. The Bertz CT molecular complexity index is 487. The Morgan fingerprint density at radius 3 is 2.54 bits per heavy atom. The summed E-state index contributed by atoms with van der Waals surface area (Å²) in [5.41, 5.74) is 1.21. The van der Waals surface area contributed by atoms with E-state index in [4.69, 9.17) is 9.47 Å². The summed E-state index contributed by atoms with van der Waals surface area (Å²) in [7, 11) is 3.32. The lowest BCUT2D eigenvalue weighted by molar-refractivity contribution is -0.120. The molecule has 0 aliphatic carbocycles. The molecule has 1 heterocycles. The van der Waals surface area contributed by atoms with Crippen LogP contribution in [0.3, 0.4) is 0 Å². The Kier molecular flexibility index (Phi) is 8.01. The normalized spacial score (nSPS) is 16.1. The molecule has 1 saturated heterocycles. The lowest BCUT2D eigenvalue weighted by Gasteiger charge is -2.28. The number of hydrogen-bond donors (Lipinski definition) is 2. The summed E-state index contributed by atoms with van der Waals surface area (Å²) in [5, 5.41) is 6.12. The smallest absolute Gasteiger partial charge is 0.234 e. The molecule has 1 aromatic carbocycles. The van der Waals surface area contributed by atoms with Crippen molar-refractivity contribution in [3.63, 3.8) is 0 Å². The van der Waals surface area contributed by atoms with E-state index in [0.717, 1.165) is 18.8 Å². The van der Waals surface area contributed by atoms with Crippen LogP contribution < -0.4 is 15.4 Å². The summed E-state index contributed by atoms with van der Waals surface area (Å²) >= 11 is 0. The first kappa shape index (κ1) is 18.7. The van der Waals surface area contributed by atoms with Crippen molar-refractivity contribution in [2.45, 2.75) is 18.9 Å². The SMILES string of the molecule is COCCNCC(=O)NCC(c1ccc(OC)cc1)N1CCCC1. The van der Waals surface area contributed by atoms with Crippen LogP contribution in [0.25, 0.3) is 0 Å². The minimum Gasteiger partial charge on any atom is -0.497 e. The van der Waals surface area contributed by atoms with Crippen molar-refractivity contribution in [2.24, 2.45) is 0 Å². The molecule has 0 saturated carbocycles. The second-order valence-corrected chi connectivity index (χ2v) is 6.01. The minimum atomic E-state index is 0.0174. The average molecular weight is 335 g/mol. The first-order valence-electron chi connectivity index (χ1n) is 8.59. The number of nitrogens with one attached hydrogen (secondary N) is 2. The van der Waals surface area contributed by atoms with Crippen LogP contribution in [0, 0.1) is 0 Å². The average Bonchev–Trinajstić information content (AvgIpc) is 3.14. The molecule has 24 heavy (non-hydrogen) atoms. The van der Waals surface area contributed by atoms with Crippen LogP contribution in [0.5, 0.6) is 5.75 Å². The highest BCUT2D eigenvalue weighted by atomic mass is 16.5. The number of hydrogen-bond acceptors (Lipinski definition) is 5. The van der Waals surface area contributed by atoms with Gasteiger partial charge in [0.1, 0.15) is 5.75 Å². The van der Waals surface area contributed by atoms with Crippen LogP contribution in [-0.4, -0.2) is 64.4 Å². The van der Waals surface area contributed by atoms with Gasteiger partial charge in [0.05, 0.1) is 26.3 Å². The van der Waals surface area contributed by atoms with E-state index >= 15 is 0 Å². The van der Waals surface area contributed by atoms with Crippen molar-refractivity contribution >= 4 is 5.91 Å². The third-order valence-electron chi connectivity index (χ3n) is 4.34. The fourth-order valence-electron chi connectivity index (χ4n) is 2.99. The van der Waals surface area contributed by atoms with Gasteiger partial charge in [0.2, 0.25) is 5.91 Å². The molecule has 0 radical (unpaired) electrons. The van der Waals surface area contributed by atoms with Crippen LogP contribution in [0.2, 0.25) is 0 Å². The van der Waals surface area contributed by atoms with E-state index < -0.39 is 0 Å². The van der Waals surface area contributed by atoms with Gasteiger partial charge < -0.3 is 20.1 Å². The van der Waals surface area contributed by atoms with Gasteiger partial charge in [-0.25, -0.2) is 0 Å². The molecule has 0 aromatic heterocycles. The summed E-state index contributed by atoms with van der Waals surface area (Å²) in [4.78, 5) is 14.4. The third kappa shape index (κ3) is 5.78. The Labute approximate surface area is 144 Å². The van der Waals surface area contributed by atoms with E-state index in [0.29, 0.717) is 26.2 Å². The molecule has 134 valence electrons. The molecule has 0 spiro atoms. The lowest BCUT2D eigenvalue weighted by atomic mass is 10.1. The predicted octanol–water partition coefficient (Wildman–Crippen LogP) is 1.18. The maximum Gasteiger partial charge on any atom is 0.234 e. The molecule has 1 amide bonds. The Morgan fingerprint density at radius 1 is 1.21 bits per heavy atom. The van der Waals surface area contributed by atoms with Gasteiger partial charge in [-0.3, -0.25) is 9.69 Å². The van der Waals surface area contributed by atoms with Gasteiger partial charge in [-0.2, -0.15) is 0 Å². The van der Waals surface area contributed by atoms with E-state index in [2.05, 4.69) is 27.7 Å². The zero-order valence-electron chi connectivity index (χ0n) is 14.7. The van der Waals surface area contributed by atoms with E-state index in [-0.39, 0.29) is 11.9 Å². The second-order valence-electron chi connectivity index (χ2n) is 6.01. The Balaban J connectivity index is 1.90. The number of ether oxygens (including phenoxy) is 2. The van der Waals surface area contributed by atoms with Crippen molar-refractivity contribution in [3.8, 4) is 5.75 Å². The highest BCUT2D eigenvalue weighted by Gasteiger charge is 2.23. The number of carbonyl (C=O) groups excluding carboxylic acids is 1. The van der Waals surface area contributed by atoms with E-state index in [1.54, 1.807) is 14.2 Å². The molecule has 1 unspecified atom stereocenters. The van der Waals surface area contributed by atoms with Crippen molar-refractivity contribution in [1.29, 1.82) is 0 Å². The molecule has 0 bridgehead atoms. The highest BCUT2D eigenvalue weighted by Crippen LogP contribution is 2.26. The molecule has 1 aliphatic rings. The van der Waals surface area contributed by atoms with Crippen LogP contribution in [-0.2, 0) is 9.53 Å². The molecular weight excluding hydrogens is 306 g/mol. The molecule has 1 fully saturated rings. The Morgan fingerprint density at radius 2 is 1.92 bits per heavy atom. The number of amides is 1. The maximum absolute atomic E-state index is 12.0. The van der Waals surface area contributed by atoms with Gasteiger partial charge in [-0.05, 0) is 43.6 Å². The Hall–Kier alpha value is -1.63. The summed E-state index contributed by atoms with van der Waals surface area (Å²) in [6, 6.07) is 8.34. The van der Waals surface area contributed by atoms with Crippen molar-refractivity contribution in [1.82, 2.24) is 15.5 Å². The van der Waals surface area contributed by atoms with E-state index in [9.17, 15) is 4.79 Å². The zero-order valence-corrected chi connectivity index (χ0v) is 14.7. The molecule has 1 aromatic rings. The van der Waals surface area contributed by atoms with Gasteiger partial charge in [0.25, 0.3) is 0 Å². The van der Waals surface area contributed by atoms with E-state index in [1.165, 1.54) is 18.4 Å². The fourth-order valence-corrected chi connectivity index (χ4v) is 2.99. The standard InChI is InChI=1S/C18H29N3O3/c1-23-12-9-19-14-18(22)20-13-17(21-10-3-4-11-21)15-5-7-16(24-2)8-6-15/h5-8,17,19H,3-4,9-14H2,1-2H3,(H,20,22). The molecule has 6 heteroatoms. The minimum absolute atomic E-state index is 0.0174. The van der Waals surface area contributed by atoms with Gasteiger partial charge in [-0.1, -0.05) is 12.1 Å². The number of rotatable bonds is 10. The topological polar surface area (TPSA) is 62.8 Å². The zero-order chi connectivity index (χ0) is 17.2. The number of carbonyl (C=O) groups is 1. The van der Waals surface area contributed by atoms with Crippen molar-refractivity contribution in [3.05, 3.63) is 29.8 Å². The maximum atomic E-state index is 12.0. The summed E-state index contributed by atoms with van der Waals surface area (Å²) in [6.07, 6.45) is 2.44. The fraction of sp³-hybridized carbons (Fsp3) is 0.611. The second kappa shape index (κ2) is 10.3. The van der Waals surface area contributed by atoms with E-state index in [1.807, 2.05) is 12.1 Å². The highest BCUT2D eigenvalue weighted by molar-refractivity contribution is 5.78. The van der Waals surface area contributed by atoms with Crippen LogP contribution in [0.15, 0.2) is 24.3 Å². The molecular formula is C18H29N3O3. The summed E-state index contributed by atoms with van der Waals surface area (Å²) < 4.78 is 10.2. The predicted molar refractivity (Wildman–Crippen MR) is 94.3 cm³/mol. The summed E-state index contributed by atoms with van der Waals surface area (Å²) in [5.74, 6) is 0.870. The molecule has 2 rings (SSSR count). The van der Waals surface area contributed by atoms with Crippen LogP contribution >= 0.6 is 0 Å². The van der Waals surface area contributed by atoms with Crippen LogP contribution in [0.4, 0.5) is 0 Å². The van der Waals surface area contributed by atoms with Crippen molar-refractivity contribution in [2.75, 3.05) is 53.6 Å². The van der Waals surface area contributed by atoms with Gasteiger partial charge in [0.15, 0.2) is 0 Å². The molecule has 1 atom stereocenters. The molecule has 2 N–H and O–H groups in total. The van der Waals surface area contributed by atoms with Gasteiger partial charge in [0, 0.05) is 20.2 Å². The molecule has 6 nitrogen and oxygen atoms in total. The van der Waals surface area contributed by atoms with Gasteiger partial charge >= 0.3 is 0 Å². The summed E-state index contributed by atoms with van der Waals surface area (Å²) in [6.45, 7) is 4.39. The largest absolute Gasteiger partial charge is 0.497 e. The first-order chi connectivity index (χ1) is 11.7. The lowest BCUT2D eigenvalue weighted by Crippen LogP contribution is -2.40. The third-order valence-corrected chi connectivity index (χ3v) is 4.34. The first-order valence-corrected chi connectivity index (χ1v) is 8.59. The number of likely N-dealkylation sites (tertiary alicyclic amines) is 1. The number of methoxy groups -OCH3 is 2. The van der Waals surface area contributed by atoms with Gasteiger partial charge in [-0.15, -0.1) is 0 Å². The molecule has 1 aliphatic heterocycles. The number of benzene rings is 1.